The van der Waals surface area contributed by atoms with Crippen molar-refractivity contribution >= 4 is 35.8 Å². The third-order valence-electron chi connectivity index (χ3n) is 6.62. The molecule has 31 heavy (non-hydrogen) atoms. The van der Waals surface area contributed by atoms with E-state index in [4.69, 9.17) is 14.5 Å². The lowest BCUT2D eigenvalue weighted by Crippen LogP contribution is -2.50. The minimum absolute atomic E-state index is 0. The maximum absolute atomic E-state index is 12.8. The van der Waals surface area contributed by atoms with E-state index in [0.717, 1.165) is 84.3 Å². The summed E-state index contributed by atoms with van der Waals surface area (Å²) in [7, 11) is 1.77. The van der Waals surface area contributed by atoms with E-state index in [9.17, 15) is 4.79 Å². The number of amides is 1. The number of piperidine rings is 2. The number of ether oxygens (including phenoxy) is 2. The molecule has 0 aliphatic carbocycles. The summed E-state index contributed by atoms with van der Waals surface area (Å²) in [6.45, 7) is 12.7. The van der Waals surface area contributed by atoms with Gasteiger partial charge in [-0.25, -0.2) is 0 Å². The molecule has 180 valence electrons. The molecular formula is C22H42IN5O3. The molecule has 3 fully saturated rings. The molecule has 0 bridgehead atoms. The Bertz CT molecular complexity index is 543. The number of methoxy groups -OCH3 is 1. The summed E-state index contributed by atoms with van der Waals surface area (Å²) in [4.78, 5) is 24.6. The second-order valence-electron chi connectivity index (χ2n) is 8.67. The highest BCUT2D eigenvalue weighted by molar-refractivity contribution is 14.0. The lowest BCUT2D eigenvalue weighted by atomic mass is 9.95. The summed E-state index contributed by atoms with van der Waals surface area (Å²) in [6.07, 6.45) is 4.25. The van der Waals surface area contributed by atoms with E-state index in [1.807, 2.05) is 4.90 Å². The van der Waals surface area contributed by atoms with Crippen LogP contribution in [0.1, 0.15) is 32.6 Å². The van der Waals surface area contributed by atoms with Gasteiger partial charge in [-0.3, -0.25) is 9.79 Å². The number of nitrogens with one attached hydrogen (secondary N) is 1. The van der Waals surface area contributed by atoms with Gasteiger partial charge in [0.2, 0.25) is 5.91 Å². The second-order valence-corrected chi connectivity index (χ2v) is 8.67. The van der Waals surface area contributed by atoms with E-state index in [1.54, 1.807) is 7.11 Å². The lowest BCUT2D eigenvalue weighted by molar-refractivity contribution is -0.140. The molecule has 9 heteroatoms. The number of carbonyl (C=O) groups is 1. The minimum Gasteiger partial charge on any atom is -0.383 e. The van der Waals surface area contributed by atoms with Crippen molar-refractivity contribution in [1.82, 2.24) is 20.0 Å². The Kier molecular flexibility index (Phi) is 12.4. The van der Waals surface area contributed by atoms with Crippen LogP contribution in [0.4, 0.5) is 0 Å². The van der Waals surface area contributed by atoms with Crippen LogP contribution in [0.3, 0.4) is 0 Å². The molecular weight excluding hydrogens is 509 g/mol. The fourth-order valence-electron chi connectivity index (χ4n) is 4.63. The van der Waals surface area contributed by atoms with Crippen molar-refractivity contribution in [1.29, 1.82) is 0 Å². The molecule has 0 saturated carbocycles. The van der Waals surface area contributed by atoms with Crippen LogP contribution in [0, 0.1) is 11.8 Å². The highest BCUT2D eigenvalue weighted by Crippen LogP contribution is 2.21. The Morgan fingerprint density at radius 2 is 1.71 bits per heavy atom. The topological polar surface area (TPSA) is 69.6 Å². The first-order valence-electron chi connectivity index (χ1n) is 11.8. The fraction of sp³-hybridized carbons (Fsp3) is 0.909. The van der Waals surface area contributed by atoms with E-state index < -0.39 is 0 Å². The summed E-state index contributed by atoms with van der Waals surface area (Å²) in [5, 5.41) is 3.47. The first-order chi connectivity index (χ1) is 14.7. The quantitative estimate of drug-likeness (QED) is 0.294. The Morgan fingerprint density at radius 1 is 1.03 bits per heavy atom. The van der Waals surface area contributed by atoms with Crippen LogP contribution in [0.5, 0.6) is 0 Å². The molecule has 0 spiro atoms. The van der Waals surface area contributed by atoms with Crippen molar-refractivity contribution in [3.05, 3.63) is 0 Å². The van der Waals surface area contributed by atoms with Crippen LogP contribution in [0.15, 0.2) is 4.99 Å². The van der Waals surface area contributed by atoms with Crippen LogP contribution >= 0.6 is 24.0 Å². The van der Waals surface area contributed by atoms with E-state index in [1.165, 1.54) is 12.8 Å². The summed E-state index contributed by atoms with van der Waals surface area (Å²) in [5.41, 5.74) is 0. The number of guanidine groups is 1. The molecule has 3 heterocycles. The van der Waals surface area contributed by atoms with Gasteiger partial charge in [0.15, 0.2) is 5.96 Å². The summed E-state index contributed by atoms with van der Waals surface area (Å²) >= 11 is 0. The van der Waals surface area contributed by atoms with Gasteiger partial charge in [-0.05, 0) is 51.6 Å². The highest BCUT2D eigenvalue weighted by Gasteiger charge is 2.30. The molecule has 0 radical (unpaired) electrons. The molecule has 0 atom stereocenters. The lowest BCUT2D eigenvalue weighted by Gasteiger charge is -2.37. The molecule has 3 aliphatic heterocycles. The van der Waals surface area contributed by atoms with Crippen molar-refractivity contribution in [3.8, 4) is 0 Å². The average molecular weight is 552 g/mol. The van der Waals surface area contributed by atoms with Gasteiger partial charge in [0.05, 0.1) is 19.8 Å². The number of likely N-dealkylation sites (tertiary alicyclic amines) is 2. The van der Waals surface area contributed by atoms with Crippen molar-refractivity contribution < 1.29 is 14.3 Å². The van der Waals surface area contributed by atoms with E-state index >= 15 is 0 Å². The highest BCUT2D eigenvalue weighted by atomic mass is 127. The standard InChI is InChI=1S/C22H41N5O3.HI/c1-3-23-22(24-18-19-4-8-25(9-5-19)12-15-29-2)27-10-6-20(7-11-27)21(28)26-13-16-30-17-14-26;/h19-20H,3-18H2,1-2H3,(H,23,24);1H. The molecule has 0 aromatic rings. The van der Waals surface area contributed by atoms with E-state index in [-0.39, 0.29) is 29.9 Å². The number of rotatable bonds is 7. The maximum Gasteiger partial charge on any atom is 0.225 e. The fourth-order valence-corrected chi connectivity index (χ4v) is 4.63. The first-order valence-corrected chi connectivity index (χ1v) is 11.8. The van der Waals surface area contributed by atoms with Gasteiger partial charge in [0.1, 0.15) is 0 Å². The Hall–Kier alpha value is -0.650. The molecule has 0 unspecified atom stereocenters. The molecule has 0 aromatic carbocycles. The monoisotopic (exact) mass is 551 g/mol. The largest absolute Gasteiger partial charge is 0.383 e. The van der Waals surface area contributed by atoms with Crippen LogP contribution in [0.2, 0.25) is 0 Å². The SMILES string of the molecule is CCNC(=NCC1CCN(CCOC)CC1)N1CCC(C(=O)N2CCOCC2)CC1.I. The van der Waals surface area contributed by atoms with Crippen molar-refractivity contribution in [2.45, 2.75) is 32.6 Å². The van der Waals surface area contributed by atoms with Crippen LogP contribution in [-0.4, -0.2) is 112 Å². The molecule has 3 saturated heterocycles. The van der Waals surface area contributed by atoms with Gasteiger partial charge in [-0.15, -0.1) is 24.0 Å². The van der Waals surface area contributed by atoms with Gasteiger partial charge in [0, 0.05) is 58.8 Å². The number of aliphatic imine (C=N–C) groups is 1. The summed E-state index contributed by atoms with van der Waals surface area (Å²) in [6, 6.07) is 0. The van der Waals surface area contributed by atoms with E-state index in [2.05, 4.69) is 22.0 Å². The zero-order chi connectivity index (χ0) is 21.2. The zero-order valence-corrected chi connectivity index (χ0v) is 21.7. The molecule has 0 aromatic heterocycles. The molecule has 1 amide bonds. The molecule has 3 aliphatic rings. The van der Waals surface area contributed by atoms with Gasteiger partial charge in [-0.1, -0.05) is 0 Å². The van der Waals surface area contributed by atoms with Gasteiger partial charge >= 0.3 is 0 Å². The number of carbonyl (C=O) groups excluding carboxylic acids is 1. The number of nitrogens with zero attached hydrogens (tertiary/aromatic N) is 4. The third-order valence-corrected chi connectivity index (χ3v) is 6.62. The maximum atomic E-state index is 12.8. The average Bonchev–Trinajstić information content (AvgIpc) is 2.81. The molecule has 8 nitrogen and oxygen atoms in total. The van der Waals surface area contributed by atoms with Crippen molar-refractivity contribution in [2.75, 3.05) is 85.8 Å². The van der Waals surface area contributed by atoms with Gasteiger partial charge < -0.3 is 29.5 Å². The Labute approximate surface area is 205 Å². The summed E-state index contributed by atoms with van der Waals surface area (Å²) < 4.78 is 10.6. The number of morpholine rings is 1. The number of hydrogen-bond acceptors (Lipinski definition) is 5. The smallest absolute Gasteiger partial charge is 0.225 e. The second kappa shape index (κ2) is 14.5. The summed E-state index contributed by atoms with van der Waals surface area (Å²) in [5.74, 6) is 2.16. The predicted molar refractivity (Wildman–Crippen MR) is 134 cm³/mol. The molecule has 1 N–H and O–H groups in total. The minimum atomic E-state index is 0. The van der Waals surface area contributed by atoms with Gasteiger partial charge in [-0.2, -0.15) is 0 Å². The van der Waals surface area contributed by atoms with Crippen molar-refractivity contribution in [2.24, 2.45) is 16.8 Å². The Balaban J connectivity index is 0.00000341. The predicted octanol–water partition coefficient (Wildman–Crippen LogP) is 1.50. The zero-order valence-electron chi connectivity index (χ0n) is 19.4. The van der Waals surface area contributed by atoms with Crippen LogP contribution in [-0.2, 0) is 14.3 Å². The molecule has 3 rings (SSSR count). The van der Waals surface area contributed by atoms with Crippen LogP contribution in [0.25, 0.3) is 0 Å². The Morgan fingerprint density at radius 3 is 2.32 bits per heavy atom. The van der Waals surface area contributed by atoms with Gasteiger partial charge in [0.25, 0.3) is 0 Å². The third kappa shape index (κ3) is 8.33. The van der Waals surface area contributed by atoms with E-state index in [0.29, 0.717) is 25.0 Å². The normalized spacial score (nSPS) is 22.3. The first kappa shape index (κ1) is 26.6. The van der Waals surface area contributed by atoms with Crippen LogP contribution < -0.4 is 5.32 Å². The van der Waals surface area contributed by atoms with Crippen molar-refractivity contribution in [3.63, 3.8) is 0 Å². The number of hydrogen-bond donors (Lipinski definition) is 1. The number of halogens is 1.